The van der Waals surface area contributed by atoms with Crippen molar-refractivity contribution in [2.75, 3.05) is 11.9 Å². The lowest BCUT2D eigenvalue weighted by Crippen LogP contribution is -2.48. The molecule has 1 heterocycles. The molecule has 6 nitrogen and oxygen atoms in total. The van der Waals surface area contributed by atoms with Crippen LogP contribution in [0.5, 0.6) is 0 Å². The molecule has 2 amide bonds. The predicted molar refractivity (Wildman–Crippen MR) is 103 cm³/mol. The van der Waals surface area contributed by atoms with E-state index in [1.807, 2.05) is 0 Å². The van der Waals surface area contributed by atoms with Crippen LogP contribution in [0.4, 0.5) is 5.69 Å². The zero-order chi connectivity index (χ0) is 19.4. The Balaban J connectivity index is 1.28. The van der Waals surface area contributed by atoms with E-state index in [9.17, 15) is 19.5 Å². The third kappa shape index (κ3) is 2.81. The average molecular weight is 382 g/mol. The Morgan fingerprint density at radius 2 is 1.79 bits per heavy atom. The van der Waals surface area contributed by atoms with Crippen LogP contribution < -0.4 is 5.32 Å². The van der Waals surface area contributed by atoms with Gasteiger partial charge in [-0.05, 0) is 80.4 Å². The molecule has 1 aromatic rings. The minimum atomic E-state index is -0.951. The molecule has 5 unspecified atom stereocenters. The first-order valence-electron chi connectivity index (χ1n) is 10.5. The van der Waals surface area contributed by atoms with Crippen molar-refractivity contribution in [3.8, 4) is 0 Å². The van der Waals surface area contributed by atoms with E-state index < -0.39 is 12.0 Å². The zero-order valence-electron chi connectivity index (χ0n) is 15.8. The fourth-order valence-corrected chi connectivity index (χ4v) is 6.23. The van der Waals surface area contributed by atoms with Crippen molar-refractivity contribution >= 4 is 23.5 Å². The van der Waals surface area contributed by atoms with E-state index in [1.54, 1.807) is 24.3 Å². The summed E-state index contributed by atoms with van der Waals surface area (Å²) in [6.45, 7) is 0.459. The number of carboxylic acid groups (broad SMARTS) is 1. The number of nitrogens with one attached hydrogen (secondary N) is 1. The van der Waals surface area contributed by atoms with E-state index >= 15 is 0 Å². The second-order valence-electron chi connectivity index (χ2n) is 8.93. The van der Waals surface area contributed by atoms with E-state index in [4.69, 9.17) is 0 Å². The van der Waals surface area contributed by atoms with E-state index in [2.05, 4.69) is 5.32 Å². The van der Waals surface area contributed by atoms with Crippen LogP contribution in [0, 0.1) is 29.6 Å². The Kier molecular flexibility index (Phi) is 4.18. The maximum absolute atomic E-state index is 12.9. The Hall–Kier alpha value is -2.37. The van der Waals surface area contributed by atoms with Crippen LogP contribution in [0.2, 0.25) is 0 Å². The van der Waals surface area contributed by atoms with Crippen LogP contribution in [0.1, 0.15) is 48.9 Å². The van der Waals surface area contributed by atoms with Crippen LogP contribution in [-0.4, -0.2) is 40.4 Å². The highest BCUT2D eigenvalue weighted by molar-refractivity contribution is 6.00. The van der Waals surface area contributed by atoms with E-state index in [-0.39, 0.29) is 17.7 Å². The molecule has 28 heavy (non-hydrogen) atoms. The highest BCUT2D eigenvalue weighted by Gasteiger charge is 2.67. The summed E-state index contributed by atoms with van der Waals surface area (Å²) in [5.74, 6) is 1.64. The fourth-order valence-electron chi connectivity index (χ4n) is 6.23. The fraction of sp³-hybridized carbons (Fsp3) is 0.591. The minimum Gasteiger partial charge on any atom is -0.480 e. The van der Waals surface area contributed by atoms with E-state index in [1.165, 1.54) is 24.2 Å². The second kappa shape index (κ2) is 6.61. The molecule has 4 aliphatic rings. The van der Waals surface area contributed by atoms with Crippen LogP contribution in [0.25, 0.3) is 0 Å². The maximum atomic E-state index is 12.9. The smallest absolute Gasteiger partial charge is 0.326 e. The number of anilines is 1. The molecule has 3 saturated carbocycles. The molecule has 1 aliphatic heterocycles. The number of hydrogen-bond donors (Lipinski definition) is 2. The third-order valence-electron chi connectivity index (χ3n) is 7.46. The first-order chi connectivity index (χ1) is 13.5. The molecule has 0 radical (unpaired) electrons. The van der Waals surface area contributed by atoms with Gasteiger partial charge < -0.3 is 15.3 Å². The number of carbonyl (C=O) groups is 3. The number of benzene rings is 1. The summed E-state index contributed by atoms with van der Waals surface area (Å²) >= 11 is 0. The quantitative estimate of drug-likeness (QED) is 0.838. The van der Waals surface area contributed by atoms with Crippen molar-refractivity contribution in [1.29, 1.82) is 0 Å². The van der Waals surface area contributed by atoms with Gasteiger partial charge in [0.1, 0.15) is 6.04 Å². The first-order valence-corrected chi connectivity index (χ1v) is 10.5. The molecule has 3 aliphatic carbocycles. The lowest BCUT2D eigenvalue weighted by molar-refractivity contribution is -0.143. The second-order valence-corrected chi connectivity index (χ2v) is 8.93. The van der Waals surface area contributed by atoms with Crippen LogP contribution >= 0.6 is 0 Å². The largest absolute Gasteiger partial charge is 0.480 e. The van der Waals surface area contributed by atoms with Crippen molar-refractivity contribution in [3.63, 3.8) is 0 Å². The Labute approximate surface area is 164 Å². The standard InChI is InChI=1S/C22H26N2O4/c25-20(19-17-12-7-8-13(10-12)18(17)19)23-15-5-3-4-14(11-15)21(26)24-9-2-1-6-16(24)22(27)28/h3-5,11-13,16-19H,1-2,6-10H2,(H,23,25)(H,27,28). The molecule has 4 fully saturated rings. The highest BCUT2D eigenvalue weighted by atomic mass is 16.4. The molecule has 6 heteroatoms. The normalized spacial score (nSPS) is 35.4. The number of rotatable bonds is 4. The van der Waals surface area contributed by atoms with Gasteiger partial charge in [0.2, 0.25) is 5.91 Å². The number of nitrogens with zero attached hydrogens (tertiary/aromatic N) is 1. The number of piperidine rings is 1. The third-order valence-corrected chi connectivity index (χ3v) is 7.46. The van der Waals surface area contributed by atoms with Gasteiger partial charge in [-0.3, -0.25) is 9.59 Å². The first kappa shape index (κ1) is 17.7. The average Bonchev–Trinajstić information content (AvgIpc) is 3.15. The maximum Gasteiger partial charge on any atom is 0.326 e. The molecule has 5 rings (SSSR count). The van der Waals surface area contributed by atoms with Gasteiger partial charge in [0, 0.05) is 23.7 Å². The summed E-state index contributed by atoms with van der Waals surface area (Å²) in [5.41, 5.74) is 1.05. The lowest BCUT2D eigenvalue weighted by Gasteiger charge is -2.33. The topological polar surface area (TPSA) is 86.7 Å². The van der Waals surface area contributed by atoms with Crippen molar-refractivity contribution in [2.45, 2.75) is 44.6 Å². The van der Waals surface area contributed by atoms with Crippen molar-refractivity contribution in [2.24, 2.45) is 29.6 Å². The Morgan fingerprint density at radius 1 is 1.04 bits per heavy atom. The number of aliphatic carboxylic acids is 1. The molecule has 1 saturated heterocycles. The van der Waals surface area contributed by atoms with Crippen LogP contribution in [-0.2, 0) is 9.59 Å². The highest BCUT2D eigenvalue weighted by Crippen LogP contribution is 2.69. The SMILES string of the molecule is O=C(Nc1cccc(C(=O)N2CCCCC2C(=O)O)c1)C1C2C3CCC(C3)C12. The molecule has 5 atom stereocenters. The van der Waals surface area contributed by atoms with Gasteiger partial charge >= 0.3 is 5.97 Å². The van der Waals surface area contributed by atoms with Gasteiger partial charge in [-0.2, -0.15) is 0 Å². The van der Waals surface area contributed by atoms with Gasteiger partial charge in [0.25, 0.3) is 5.91 Å². The number of fused-ring (bicyclic) bond motifs is 5. The number of carbonyl (C=O) groups excluding carboxylic acids is 2. The monoisotopic (exact) mass is 382 g/mol. The van der Waals surface area contributed by atoms with Crippen LogP contribution in [0.15, 0.2) is 24.3 Å². The molecule has 2 bridgehead atoms. The Bertz CT molecular complexity index is 822. The molecular weight excluding hydrogens is 356 g/mol. The van der Waals surface area contributed by atoms with Crippen molar-refractivity contribution < 1.29 is 19.5 Å². The zero-order valence-corrected chi connectivity index (χ0v) is 15.8. The van der Waals surface area contributed by atoms with Crippen molar-refractivity contribution in [3.05, 3.63) is 29.8 Å². The Morgan fingerprint density at radius 3 is 2.50 bits per heavy atom. The summed E-state index contributed by atoms with van der Waals surface area (Å²) in [6.07, 6.45) is 6.00. The van der Waals surface area contributed by atoms with Crippen LogP contribution in [0.3, 0.4) is 0 Å². The molecule has 2 N–H and O–H groups in total. The van der Waals surface area contributed by atoms with Gasteiger partial charge in [0.15, 0.2) is 0 Å². The summed E-state index contributed by atoms with van der Waals surface area (Å²) in [5, 5.41) is 12.4. The summed E-state index contributed by atoms with van der Waals surface area (Å²) < 4.78 is 0. The summed E-state index contributed by atoms with van der Waals surface area (Å²) in [4.78, 5) is 38.6. The minimum absolute atomic E-state index is 0.0811. The number of likely N-dealkylation sites (tertiary alicyclic amines) is 1. The summed E-state index contributed by atoms with van der Waals surface area (Å²) in [7, 11) is 0. The van der Waals surface area contributed by atoms with Crippen molar-refractivity contribution in [1.82, 2.24) is 4.90 Å². The van der Waals surface area contributed by atoms with Gasteiger partial charge in [-0.1, -0.05) is 6.07 Å². The van der Waals surface area contributed by atoms with Gasteiger partial charge in [0.05, 0.1) is 0 Å². The van der Waals surface area contributed by atoms with E-state index in [0.29, 0.717) is 36.1 Å². The van der Waals surface area contributed by atoms with Gasteiger partial charge in [-0.25, -0.2) is 4.79 Å². The molecule has 1 aromatic carbocycles. The molecule has 148 valence electrons. The van der Waals surface area contributed by atoms with E-state index in [0.717, 1.165) is 24.7 Å². The number of hydrogen-bond acceptors (Lipinski definition) is 3. The molecule has 0 aromatic heterocycles. The number of amides is 2. The molecular formula is C22H26N2O4. The summed E-state index contributed by atoms with van der Waals surface area (Å²) in [6, 6.07) is 6.16. The lowest BCUT2D eigenvalue weighted by atomic mass is 10.0. The van der Waals surface area contributed by atoms with Gasteiger partial charge in [-0.15, -0.1) is 0 Å². The number of carboxylic acids is 1. The predicted octanol–water partition coefficient (Wildman–Crippen LogP) is 3.00. The molecule has 0 spiro atoms.